The first-order valence-electron chi connectivity index (χ1n) is 6.82. The van der Waals surface area contributed by atoms with E-state index in [-0.39, 0.29) is 0 Å². The molecule has 1 heterocycles. The van der Waals surface area contributed by atoms with E-state index < -0.39 is 0 Å². The molecule has 1 N–H and O–H groups in total. The van der Waals surface area contributed by atoms with Crippen LogP contribution in [-0.2, 0) is 0 Å². The van der Waals surface area contributed by atoms with Gasteiger partial charge in [-0.15, -0.1) is 0 Å². The largest absolute Gasteiger partial charge is 0.314 e. The monoisotopic (exact) mass is 212 g/mol. The molecule has 1 fully saturated rings. The van der Waals surface area contributed by atoms with Crippen LogP contribution in [0.5, 0.6) is 0 Å². The molecule has 0 aromatic carbocycles. The first kappa shape index (κ1) is 13.0. The highest BCUT2D eigenvalue weighted by Crippen LogP contribution is 2.11. The fourth-order valence-corrected chi connectivity index (χ4v) is 2.41. The molecule has 0 bridgehead atoms. The second-order valence-electron chi connectivity index (χ2n) is 4.73. The van der Waals surface area contributed by atoms with E-state index in [2.05, 4.69) is 24.1 Å². The third kappa shape index (κ3) is 5.53. The van der Waals surface area contributed by atoms with Crippen molar-refractivity contribution in [2.24, 2.45) is 0 Å². The first-order chi connectivity index (χ1) is 7.36. The summed E-state index contributed by atoms with van der Waals surface area (Å²) in [5.74, 6) is 0. The summed E-state index contributed by atoms with van der Waals surface area (Å²) in [6.07, 6.45) is 8.28. The van der Waals surface area contributed by atoms with E-state index in [0.717, 1.165) is 12.6 Å². The van der Waals surface area contributed by atoms with Gasteiger partial charge in [-0.1, -0.05) is 33.1 Å². The molecule has 1 rings (SSSR count). The van der Waals surface area contributed by atoms with E-state index in [1.807, 2.05) is 0 Å². The predicted molar refractivity (Wildman–Crippen MR) is 67.3 cm³/mol. The summed E-state index contributed by atoms with van der Waals surface area (Å²) in [6.45, 7) is 9.56. The summed E-state index contributed by atoms with van der Waals surface area (Å²) in [5.41, 5.74) is 0. The number of hydrogen-bond acceptors (Lipinski definition) is 2. The second kappa shape index (κ2) is 8.12. The molecule has 0 spiro atoms. The van der Waals surface area contributed by atoms with Crippen molar-refractivity contribution in [3.8, 4) is 0 Å². The molecule has 0 aromatic heterocycles. The summed E-state index contributed by atoms with van der Waals surface area (Å²) in [7, 11) is 0. The Morgan fingerprint density at radius 3 is 2.40 bits per heavy atom. The first-order valence-corrected chi connectivity index (χ1v) is 6.82. The van der Waals surface area contributed by atoms with Crippen molar-refractivity contribution in [2.75, 3.05) is 26.2 Å². The van der Waals surface area contributed by atoms with E-state index in [1.165, 1.54) is 58.2 Å². The number of unbranched alkanes of at least 4 members (excludes halogenated alkanes) is 3. The molecule has 0 saturated carbocycles. The summed E-state index contributed by atoms with van der Waals surface area (Å²) in [6, 6.07) is 0.793. The molecular weight excluding hydrogens is 184 g/mol. The normalized spacial score (nSPS) is 19.6. The van der Waals surface area contributed by atoms with Crippen LogP contribution in [0.4, 0.5) is 0 Å². The highest BCUT2D eigenvalue weighted by Gasteiger charge is 2.17. The molecule has 90 valence electrons. The Hall–Kier alpha value is -0.0800. The molecule has 0 aromatic rings. The fraction of sp³-hybridized carbons (Fsp3) is 1.00. The van der Waals surface area contributed by atoms with Gasteiger partial charge in [0.1, 0.15) is 0 Å². The molecule has 2 heteroatoms. The van der Waals surface area contributed by atoms with Gasteiger partial charge in [-0.25, -0.2) is 0 Å². The lowest BCUT2D eigenvalue weighted by molar-refractivity contribution is 0.195. The number of likely N-dealkylation sites (tertiary alicyclic amines) is 1. The zero-order valence-electron chi connectivity index (χ0n) is 10.6. The van der Waals surface area contributed by atoms with Crippen LogP contribution in [0.2, 0.25) is 0 Å². The smallest absolute Gasteiger partial charge is 0.00912 e. The quantitative estimate of drug-likeness (QED) is 0.653. The SMILES string of the molecule is CCCCCCN1CCC(NCC)CC1. The van der Waals surface area contributed by atoms with Crippen molar-refractivity contribution in [2.45, 2.75) is 58.4 Å². The maximum absolute atomic E-state index is 3.55. The van der Waals surface area contributed by atoms with Crippen LogP contribution in [0, 0.1) is 0 Å². The highest BCUT2D eigenvalue weighted by atomic mass is 15.1. The Morgan fingerprint density at radius 2 is 1.80 bits per heavy atom. The van der Waals surface area contributed by atoms with Crippen LogP contribution in [0.1, 0.15) is 52.4 Å². The fourth-order valence-electron chi connectivity index (χ4n) is 2.41. The van der Waals surface area contributed by atoms with E-state index in [4.69, 9.17) is 0 Å². The molecule has 1 aliphatic rings. The predicted octanol–water partition coefficient (Wildman–Crippen LogP) is 2.64. The molecule has 1 saturated heterocycles. The van der Waals surface area contributed by atoms with Gasteiger partial charge in [-0.05, 0) is 45.4 Å². The maximum Gasteiger partial charge on any atom is 0.00912 e. The molecule has 0 atom stereocenters. The van der Waals surface area contributed by atoms with Crippen LogP contribution < -0.4 is 5.32 Å². The third-order valence-electron chi connectivity index (χ3n) is 3.41. The number of nitrogens with one attached hydrogen (secondary N) is 1. The van der Waals surface area contributed by atoms with Gasteiger partial charge in [0.2, 0.25) is 0 Å². The lowest BCUT2D eigenvalue weighted by atomic mass is 10.0. The summed E-state index contributed by atoms with van der Waals surface area (Å²) < 4.78 is 0. The van der Waals surface area contributed by atoms with Crippen molar-refractivity contribution in [1.82, 2.24) is 10.2 Å². The minimum atomic E-state index is 0.793. The Labute approximate surface area is 95.4 Å². The van der Waals surface area contributed by atoms with Gasteiger partial charge in [0, 0.05) is 6.04 Å². The van der Waals surface area contributed by atoms with Gasteiger partial charge in [0.15, 0.2) is 0 Å². The molecule has 2 nitrogen and oxygen atoms in total. The summed E-state index contributed by atoms with van der Waals surface area (Å²) in [5, 5.41) is 3.55. The van der Waals surface area contributed by atoms with E-state index in [9.17, 15) is 0 Å². The molecule has 0 aliphatic carbocycles. The third-order valence-corrected chi connectivity index (χ3v) is 3.41. The average molecular weight is 212 g/mol. The van der Waals surface area contributed by atoms with Gasteiger partial charge >= 0.3 is 0 Å². The number of hydrogen-bond donors (Lipinski definition) is 1. The number of piperidine rings is 1. The van der Waals surface area contributed by atoms with Gasteiger partial charge in [-0.2, -0.15) is 0 Å². The van der Waals surface area contributed by atoms with Gasteiger partial charge in [-0.3, -0.25) is 0 Å². The average Bonchev–Trinajstić information content (AvgIpc) is 2.27. The summed E-state index contributed by atoms with van der Waals surface area (Å²) in [4.78, 5) is 2.64. The van der Waals surface area contributed by atoms with Gasteiger partial charge < -0.3 is 10.2 Å². The lowest BCUT2D eigenvalue weighted by Gasteiger charge is -2.32. The molecular formula is C13H28N2. The zero-order valence-corrected chi connectivity index (χ0v) is 10.6. The standard InChI is InChI=1S/C13H28N2/c1-3-5-6-7-10-15-11-8-13(9-12-15)14-4-2/h13-14H,3-12H2,1-2H3. The zero-order chi connectivity index (χ0) is 10.9. The van der Waals surface area contributed by atoms with Crippen LogP contribution in [0.25, 0.3) is 0 Å². The molecule has 0 amide bonds. The Balaban J connectivity index is 1.99. The molecule has 0 radical (unpaired) electrons. The highest BCUT2D eigenvalue weighted by molar-refractivity contribution is 4.76. The minimum absolute atomic E-state index is 0.793. The van der Waals surface area contributed by atoms with Crippen molar-refractivity contribution in [3.63, 3.8) is 0 Å². The molecule has 1 aliphatic heterocycles. The van der Waals surface area contributed by atoms with Crippen LogP contribution in [0.3, 0.4) is 0 Å². The number of rotatable bonds is 7. The Kier molecular flexibility index (Phi) is 7.03. The van der Waals surface area contributed by atoms with Crippen LogP contribution in [0.15, 0.2) is 0 Å². The van der Waals surface area contributed by atoms with Gasteiger partial charge in [0.25, 0.3) is 0 Å². The second-order valence-corrected chi connectivity index (χ2v) is 4.73. The number of nitrogens with zero attached hydrogens (tertiary/aromatic N) is 1. The Bertz CT molecular complexity index is 137. The Morgan fingerprint density at radius 1 is 1.07 bits per heavy atom. The van der Waals surface area contributed by atoms with Crippen LogP contribution >= 0.6 is 0 Å². The van der Waals surface area contributed by atoms with Crippen molar-refractivity contribution in [3.05, 3.63) is 0 Å². The summed E-state index contributed by atoms with van der Waals surface area (Å²) >= 11 is 0. The minimum Gasteiger partial charge on any atom is -0.314 e. The topological polar surface area (TPSA) is 15.3 Å². The molecule has 15 heavy (non-hydrogen) atoms. The van der Waals surface area contributed by atoms with Crippen molar-refractivity contribution in [1.29, 1.82) is 0 Å². The van der Waals surface area contributed by atoms with Gasteiger partial charge in [0.05, 0.1) is 0 Å². The van der Waals surface area contributed by atoms with E-state index in [1.54, 1.807) is 0 Å². The molecule has 0 unspecified atom stereocenters. The van der Waals surface area contributed by atoms with Crippen LogP contribution in [-0.4, -0.2) is 37.1 Å². The van der Waals surface area contributed by atoms with Crippen molar-refractivity contribution < 1.29 is 0 Å². The van der Waals surface area contributed by atoms with E-state index in [0.29, 0.717) is 0 Å². The maximum atomic E-state index is 3.55. The van der Waals surface area contributed by atoms with Crippen molar-refractivity contribution >= 4 is 0 Å². The lowest BCUT2D eigenvalue weighted by Crippen LogP contribution is -2.42. The van der Waals surface area contributed by atoms with E-state index >= 15 is 0 Å².